The van der Waals surface area contributed by atoms with Crippen molar-refractivity contribution in [2.75, 3.05) is 36.6 Å². The van der Waals surface area contributed by atoms with Crippen LogP contribution in [0.1, 0.15) is 39.4 Å². The van der Waals surface area contributed by atoms with Crippen LogP contribution >= 0.6 is 11.8 Å². The molecule has 2 aromatic rings. The summed E-state index contributed by atoms with van der Waals surface area (Å²) in [6, 6.07) is 0. The minimum atomic E-state index is -0.710. The van der Waals surface area contributed by atoms with Crippen molar-refractivity contribution in [3.8, 4) is 0 Å². The van der Waals surface area contributed by atoms with Gasteiger partial charge < -0.3 is 19.9 Å². The molecule has 0 aliphatic rings. The Kier molecular flexibility index (Phi) is 8.45. The molecule has 3 N–H and O–H groups in total. The van der Waals surface area contributed by atoms with Gasteiger partial charge in [0.1, 0.15) is 11.6 Å². The third kappa shape index (κ3) is 5.76. The van der Waals surface area contributed by atoms with E-state index in [-0.39, 0.29) is 48.2 Å². The Morgan fingerprint density at radius 3 is 2.48 bits per heavy atom. The van der Waals surface area contributed by atoms with Gasteiger partial charge in [0.05, 0.1) is 12.4 Å². The zero-order valence-corrected chi connectivity index (χ0v) is 19.7. The molecule has 0 saturated heterocycles. The zero-order chi connectivity index (χ0) is 23.3. The number of H-pyrrole nitrogens is 1. The van der Waals surface area contributed by atoms with Crippen LogP contribution < -0.4 is 21.9 Å². The third-order valence-corrected chi connectivity index (χ3v) is 5.57. The number of ether oxygens (including phenoxy) is 1. The van der Waals surface area contributed by atoms with Gasteiger partial charge in [-0.2, -0.15) is 0 Å². The SMILES string of the molecule is COCCN(C(=O)CSc1nnc(C(C)C)n1C)c1c(N)n(CC(C)C)c(=O)[nH]c1=O. The van der Waals surface area contributed by atoms with E-state index in [1.54, 1.807) is 0 Å². The number of nitrogens with zero attached hydrogens (tertiary/aromatic N) is 5. The highest BCUT2D eigenvalue weighted by Gasteiger charge is 2.25. The van der Waals surface area contributed by atoms with Crippen molar-refractivity contribution in [3.63, 3.8) is 0 Å². The van der Waals surface area contributed by atoms with Crippen LogP contribution in [-0.4, -0.2) is 56.2 Å². The van der Waals surface area contributed by atoms with Gasteiger partial charge in [-0.25, -0.2) is 4.79 Å². The van der Waals surface area contributed by atoms with Crippen molar-refractivity contribution in [1.29, 1.82) is 0 Å². The average Bonchev–Trinajstić information content (AvgIpc) is 3.06. The summed E-state index contributed by atoms with van der Waals surface area (Å²) in [5.74, 6) is 0.730. The highest BCUT2D eigenvalue weighted by Crippen LogP contribution is 2.23. The molecule has 2 heterocycles. The molecule has 0 bridgehead atoms. The van der Waals surface area contributed by atoms with Gasteiger partial charge in [-0.3, -0.25) is 19.1 Å². The maximum atomic E-state index is 13.1. The quantitative estimate of drug-likeness (QED) is 0.503. The Morgan fingerprint density at radius 2 is 1.94 bits per heavy atom. The molecule has 0 aromatic carbocycles. The second-order valence-electron chi connectivity index (χ2n) is 7.88. The van der Waals surface area contributed by atoms with Crippen LogP contribution in [0.3, 0.4) is 0 Å². The van der Waals surface area contributed by atoms with E-state index in [9.17, 15) is 14.4 Å². The number of aromatic nitrogens is 5. The fourth-order valence-electron chi connectivity index (χ4n) is 3.09. The van der Waals surface area contributed by atoms with E-state index in [1.807, 2.05) is 39.3 Å². The van der Waals surface area contributed by atoms with Crippen molar-refractivity contribution < 1.29 is 9.53 Å². The third-order valence-electron chi connectivity index (χ3n) is 4.56. The molecule has 0 radical (unpaired) electrons. The number of carbonyl (C=O) groups is 1. The van der Waals surface area contributed by atoms with E-state index in [4.69, 9.17) is 10.5 Å². The molecule has 2 rings (SSSR count). The lowest BCUT2D eigenvalue weighted by Gasteiger charge is -2.24. The van der Waals surface area contributed by atoms with Gasteiger partial charge in [0.25, 0.3) is 5.56 Å². The molecular weight excluding hydrogens is 422 g/mol. The minimum absolute atomic E-state index is 0.00989. The lowest BCUT2D eigenvalue weighted by molar-refractivity contribution is -0.116. The molecule has 12 heteroatoms. The summed E-state index contributed by atoms with van der Waals surface area (Å²) in [7, 11) is 3.34. The van der Waals surface area contributed by atoms with Crippen LogP contribution in [0.25, 0.3) is 0 Å². The second kappa shape index (κ2) is 10.6. The van der Waals surface area contributed by atoms with Crippen LogP contribution in [0.4, 0.5) is 11.5 Å². The lowest BCUT2D eigenvalue weighted by atomic mass is 10.2. The van der Waals surface area contributed by atoms with Crippen LogP contribution in [0.5, 0.6) is 0 Å². The molecule has 0 fully saturated rings. The minimum Gasteiger partial charge on any atom is -0.383 e. The molecule has 0 aliphatic carbocycles. The van der Waals surface area contributed by atoms with Gasteiger partial charge in [0, 0.05) is 33.2 Å². The Morgan fingerprint density at radius 1 is 1.26 bits per heavy atom. The fourth-order valence-corrected chi connectivity index (χ4v) is 3.88. The Bertz CT molecular complexity index is 1030. The topological polar surface area (TPSA) is 141 Å². The monoisotopic (exact) mass is 453 g/mol. The van der Waals surface area contributed by atoms with Gasteiger partial charge in [-0.1, -0.05) is 39.5 Å². The highest BCUT2D eigenvalue weighted by molar-refractivity contribution is 7.99. The molecule has 1 amide bonds. The first-order chi connectivity index (χ1) is 14.6. The molecule has 0 saturated carbocycles. The van der Waals surface area contributed by atoms with Gasteiger partial charge in [-0.15, -0.1) is 10.2 Å². The smallest absolute Gasteiger partial charge is 0.330 e. The molecule has 0 unspecified atom stereocenters. The van der Waals surface area contributed by atoms with E-state index >= 15 is 0 Å². The predicted molar refractivity (Wildman–Crippen MR) is 121 cm³/mol. The van der Waals surface area contributed by atoms with Crippen LogP contribution in [0.15, 0.2) is 14.7 Å². The van der Waals surface area contributed by atoms with Crippen LogP contribution in [0.2, 0.25) is 0 Å². The summed E-state index contributed by atoms with van der Waals surface area (Å²) in [6.45, 7) is 8.49. The molecule has 2 aromatic heterocycles. The normalized spacial score (nSPS) is 11.5. The number of hydrogen-bond donors (Lipinski definition) is 2. The highest BCUT2D eigenvalue weighted by atomic mass is 32.2. The fraction of sp³-hybridized carbons (Fsp3) is 0.632. The molecule has 0 atom stereocenters. The number of carbonyl (C=O) groups excluding carboxylic acids is 1. The molecule has 0 aliphatic heterocycles. The summed E-state index contributed by atoms with van der Waals surface area (Å²) >= 11 is 1.22. The Labute approximate surface area is 185 Å². The van der Waals surface area contributed by atoms with Crippen molar-refractivity contribution in [2.24, 2.45) is 13.0 Å². The van der Waals surface area contributed by atoms with E-state index in [0.717, 1.165) is 5.82 Å². The number of thioether (sulfide) groups is 1. The first kappa shape index (κ1) is 24.7. The predicted octanol–water partition coefficient (Wildman–Crippen LogP) is 0.798. The summed E-state index contributed by atoms with van der Waals surface area (Å²) in [5.41, 5.74) is 4.82. The number of methoxy groups -OCH3 is 1. The molecule has 31 heavy (non-hydrogen) atoms. The number of rotatable bonds is 10. The van der Waals surface area contributed by atoms with E-state index < -0.39 is 11.2 Å². The maximum absolute atomic E-state index is 13.1. The summed E-state index contributed by atoms with van der Waals surface area (Å²) < 4.78 is 8.22. The number of aromatic amines is 1. The number of amides is 1. The summed E-state index contributed by atoms with van der Waals surface area (Å²) in [5, 5.41) is 8.89. The standard InChI is InChI=1S/C19H31N7O4S/c1-11(2)9-26-15(20)14(17(28)21-18(26)29)25(7-8-30-6)13(27)10-31-19-23-22-16(12(3)4)24(19)5/h11-12H,7-10,20H2,1-6H3,(H,21,28,29). The van der Waals surface area contributed by atoms with Crippen molar-refractivity contribution in [3.05, 3.63) is 26.7 Å². The first-order valence-electron chi connectivity index (χ1n) is 10.0. The van der Waals surface area contributed by atoms with E-state index in [0.29, 0.717) is 11.7 Å². The summed E-state index contributed by atoms with van der Waals surface area (Å²) in [6.07, 6.45) is 0. The molecular formula is C19H31N7O4S. The Hall–Kier alpha value is -2.60. The average molecular weight is 454 g/mol. The second-order valence-corrected chi connectivity index (χ2v) is 8.82. The number of hydrogen-bond acceptors (Lipinski definition) is 8. The van der Waals surface area contributed by atoms with E-state index in [2.05, 4.69) is 15.2 Å². The molecule has 11 nitrogen and oxygen atoms in total. The zero-order valence-electron chi connectivity index (χ0n) is 18.8. The molecule has 0 spiro atoms. The van der Waals surface area contributed by atoms with Crippen molar-refractivity contribution in [1.82, 2.24) is 24.3 Å². The maximum Gasteiger partial charge on any atom is 0.330 e. The van der Waals surface area contributed by atoms with Crippen LogP contribution in [-0.2, 0) is 23.1 Å². The van der Waals surface area contributed by atoms with Gasteiger partial charge in [0.2, 0.25) is 5.91 Å². The Balaban J connectivity index is 2.36. The van der Waals surface area contributed by atoms with E-state index in [1.165, 1.54) is 28.3 Å². The van der Waals surface area contributed by atoms with Gasteiger partial charge in [0.15, 0.2) is 10.8 Å². The number of nitrogens with two attached hydrogens (primary N) is 1. The number of anilines is 2. The van der Waals surface area contributed by atoms with Crippen molar-refractivity contribution >= 4 is 29.2 Å². The van der Waals surface area contributed by atoms with Crippen molar-refractivity contribution in [2.45, 2.75) is 45.3 Å². The first-order valence-corrected chi connectivity index (χ1v) is 11.0. The molecule has 172 valence electrons. The summed E-state index contributed by atoms with van der Waals surface area (Å²) in [4.78, 5) is 41.5. The number of nitrogens with one attached hydrogen (secondary N) is 1. The van der Waals surface area contributed by atoms with Gasteiger partial charge in [-0.05, 0) is 5.92 Å². The number of nitrogen functional groups attached to an aromatic ring is 1. The van der Waals surface area contributed by atoms with Gasteiger partial charge >= 0.3 is 5.69 Å². The lowest BCUT2D eigenvalue weighted by Crippen LogP contribution is -2.43. The van der Waals surface area contributed by atoms with Crippen LogP contribution in [0, 0.1) is 5.92 Å². The largest absolute Gasteiger partial charge is 0.383 e.